The lowest BCUT2D eigenvalue weighted by Crippen LogP contribution is -2.37. The molecule has 0 radical (unpaired) electrons. The molecular weight excluding hydrogens is 254 g/mol. The number of fused-ring (bicyclic) bond motifs is 2. The van der Waals surface area contributed by atoms with Gasteiger partial charge in [-0.1, -0.05) is 27.2 Å². The first kappa shape index (κ1) is 15.8. The highest BCUT2D eigenvalue weighted by Gasteiger charge is 2.43. The van der Waals surface area contributed by atoms with E-state index in [2.05, 4.69) is 33.1 Å². The first-order valence-corrected chi connectivity index (χ1v) is 9.62. The van der Waals surface area contributed by atoms with Crippen LogP contribution in [-0.2, 0) is 0 Å². The minimum absolute atomic E-state index is 0.511. The van der Waals surface area contributed by atoms with E-state index in [1.807, 2.05) is 0 Å². The minimum atomic E-state index is 0.511. The quantitative estimate of drug-likeness (QED) is 0.759. The summed E-state index contributed by atoms with van der Waals surface area (Å²) in [6.07, 6.45) is 12.3. The van der Waals surface area contributed by atoms with Gasteiger partial charge in [-0.2, -0.15) is 0 Å². The fraction of sp³-hybridized carbons (Fsp3) is 1.00. The minimum Gasteiger partial charge on any atom is -0.319 e. The average Bonchev–Trinajstić information content (AvgIpc) is 3.02. The largest absolute Gasteiger partial charge is 0.319 e. The summed E-state index contributed by atoms with van der Waals surface area (Å²) in [5.74, 6) is 6.22. The molecule has 1 nitrogen and oxygen atoms in total. The molecule has 2 bridgehead atoms. The van der Waals surface area contributed by atoms with Gasteiger partial charge < -0.3 is 5.32 Å². The van der Waals surface area contributed by atoms with Crippen LogP contribution >= 0.6 is 0 Å². The van der Waals surface area contributed by atoms with Crippen LogP contribution in [0.2, 0.25) is 0 Å². The van der Waals surface area contributed by atoms with Gasteiger partial charge in [-0.25, -0.2) is 0 Å². The van der Waals surface area contributed by atoms with E-state index in [0.717, 1.165) is 35.5 Å². The summed E-state index contributed by atoms with van der Waals surface area (Å²) in [6, 6.07) is 0. The summed E-state index contributed by atoms with van der Waals surface area (Å²) < 4.78 is 0. The maximum Gasteiger partial charge on any atom is -0.00209 e. The van der Waals surface area contributed by atoms with Gasteiger partial charge >= 0.3 is 0 Å². The fourth-order valence-corrected chi connectivity index (χ4v) is 5.99. The Morgan fingerprint density at radius 3 is 2.24 bits per heavy atom. The van der Waals surface area contributed by atoms with Gasteiger partial charge in [0.1, 0.15) is 0 Å². The zero-order valence-electron chi connectivity index (χ0n) is 14.8. The second-order valence-corrected chi connectivity index (χ2v) is 9.62. The first-order valence-electron chi connectivity index (χ1n) is 9.62. The Hall–Kier alpha value is -0.0400. The number of hydrogen-bond acceptors (Lipinski definition) is 1. The predicted octanol–water partition coefficient (Wildman–Crippen LogP) is 5.11. The SMILES string of the molecule is CNCC1CCC(C(C)(C)C)CC1CC1CC2CCC1C2. The van der Waals surface area contributed by atoms with Gasteiger partial charge in [0.2, 0.25) is 0 Å². The molecule has 6 unspecified atom stereocenters. The van der Waals surface area contributed by atoms with Gasteiger partial charge in [0.05, 0.1) is 0 Å². The molecule has 0 aromatic heterocycles. The van der Waals surface area contributed by atoms with Crippen molar-refractivity contribution in [1.82, 2.24) is 5.32 Å². The molecule has 6 atom stereocenters. The van der Waals surface area contributed by atoms with Gasteiger partial charge in [0, 0.05) is 0 Å². The van der Waals surface area contributed by atoms with E-state index in [1.165, 1.54) is 25.8 Å². The van der Waals surface area contributed by atoms with E-state index in [0.29, 0.717) is 5.41 Å². The molecular formula is C20H37N. The van der Waals surface area contributed by atoms with Crippen molar-refractivity contribution < 1.29 is 0 Å². The Bertz CT molecular complexity index is 342. The highest BCUT2D eigenvalue weighted by atomic mass is 14.8. The van der Waals surface area contributed by atoms with Crippen LogP contribution in [0.5, 0.6) is 0 Å². The Balaban J connectivity index is 1.63. The van der Waals surface area contributed by atoms with Crippen LogP contribution in [-0.4, -0.2) is 13.6 Å². The fourth-order valence-electron chi connectivity index (χ4n) is 5.99. The topological polar surface area (TPSA) is 12.0 Å². The van der Waals surface area contributed by atoms with Crippen molar-refractivity contribution in [2.24, 2.45) is 40.9 Å². The molecule has 21 heavy (non-hydrogen) atoms. The van der Waals surface area contributed by atoms with Crippen molar-refractivity contribution in [3.8, 4) is 0 Å². The van der Waals surface area contributed by atoms with Crippen LogP contribution in [0.15, 0.2) is 0 Å². The summed E-state index contributed by atoms with van der Waals surface area (Å²) in [4.78, 5) is 0. The highest BCUT2D eigenvalue weighted by Crippen LogP contribution is 2.53. The van der Waals surface area contributed by atoms with E-state index < -0.39 is 0 Å². The summed E-state index contributed by atoms with van der Waals surface area (Å²) in [7, 11) is 2.14. The molecule has 3 aliphatic carbocycles. The molecule has 1 N–H and O–H groups in total. The van der Waals surface area contributed by atoms with Gasteiger partial charge in [-0.3, -0.25) is 0 Å². The second kappa shape index (κ2) is 6.22. The molecule has 0 aromatic carbocycles. The average molecular weight is 292 g/mol. The van der Waals surface area contributed by atoms with Gasteiger partial charge in [-0.05, 0) is 99.5 Å². The zero-order chi connectivity index (χ0) is 15.0. The predicted molar refractivity (Wildman–Crippen MR) is 91.3 cm³/mol. The number of nitrogens with one attached hydrogen (secondary N) is 1. The molecule has 0 aliphatic heterocycles. The van der Waals surface area contributed by atoms with Crippen LogP contribution in [0, 0.1) is 40.9 Å². The van der Waals surface area contributed by atoms with Gasteiger partial charge in [0.15, 0.2) is 0 Å². The molecule has 122 valence electrons. The molecule has 0 aromatic rings. The van der Waals surface area contributed by atoms with Crippen LogP contribution in [0.25, 0.3) is 0 Å². The third-order valence-corrected chi connectivity index (χ3v) is 7.32. The number of hydrogen-bond donors (Lipinski definition) is 1. The lowest BCUT2D eigenvalue weighted by molar-refractivity contribution is 0.0767. The molecule has 0 saturated heterocycles. The van der Waals surface area contributed by atoms with Crippen molar-refractivity contribution in [2.45, 2.75) is 72.1 Å². The standard InChI is InChI=1S/C20H37N/c1-20(2,3)19-8-7-16(13-21-4)18(12-19)11-17-10-14-5-6-15(17)9-14/h14-19,21H,5-13H2,1-4H3. The maximum absolute atomic E-state index is 3.48. The molecule has 0 heterocycles. The molecule has 0 amide bonds. The van der Waals surface area contributed by atoms with Crippen LogP contribution in [0.1, 0.15) is 72.1 Å². The normalized spacial score (nSPS) is 43.4. The number of rotatable bonds is 4. The first-order chi connectivity index (χ1) is 9.97. The molecule has 3 aliphatic rings. The Kier molecular flexibility index (Phi) is 4.69. The third kappa shape index (κ3) is 3.49. The van der Waals surface area contributed by atoms with Gasteiger partial charge in [-0.15, -0.1) is 0 Å². The van der Waals surface area contributed by atoms with E-state index in [-0.39, 0.29) is 0 Å². The van der Waals surface area contributed by atoms with Crippen molar-refractivity contribution in [1.29, 1.82) is 0 Å². The molecule has 1 heteroatoms. The van der Waals surface area contributed by atoms with Crippen LogP contribution in [0.3, 0.4) is 0 Å². The molecule has 3 fully saturated rings. The Labute approximate surface area is 132 Å². The highest BCUT2D eigenvalue weighted by molar-refractivity contribution is 4.94. The summed E-state index contributed by atoms with van der Waals surface area (Å²) in [5.41, 5.74) is 0.511. The summed E-state index contributed by atoms with van der Waals surface area (Å²) in [5, 5.41) is 3.48. The van der Waals surface area contributed by atoms with E-state index in [9.17, 15) is 0 Å². The van der Waals surface area contributed by atoms with E-state index >= 15 is 0 Å². The lowest BCUT2D eigenvalue weighted by atomic mass is 9.63. The molecule has 0 spiro atoms. The second-order valence-electron chi connectivity index (χ2n) is 9.62. The smallest absolute Gasteiger partial charge is 0.00209 e. The van der Waals surface area contributed by atoms with Crippen molar-refractivity contribution in [2.75, 3.05) is 13.6 Å². The lowest BCUT2D eigenvalue weighted by Gasteiger charge is -2.43. The maximum atomic E-state index is 3.48. The van der Waals surface area contributed by atoms with Crippen molar-refractivity contribution in [3.63, 3.8) is 0 Å². The Morgan fingerprint density at radius 1 is 0.857 bits per heavy atom. The van der Waals surface area contributed by atoms with Crippen molar-refractivity contribution >= 4 is 0 Å². The molecule has 3 rings (SSSR count). The van der Waals surface area contributed by atoms with Gasteiger partial charge in [0.25, 0.3) is 0 Å². The summed E-state index contributed by atoms with van der Waals surface area (Å²) in [6.45, 7) is 8.64. The zero-order valence-corrected chi connectivity index (χ0v) is 14.8. The van der Waals surface area contributed by atoms with Crippen molar-refractivity contribution in [3.05, 3.63) is 0 Å². The monoisotopic (exact) mass is 291 g/mol. The third-order valence-electron chi connectivity index (χ3n) is 7.32. The molecule has 3 saturated carbocycles. The van der Waals surface area contributed by atoms with E-state index in [1.54, 1.807) is 32.1 Å². The van der Waals surface area contributed by atoms with Crippen LogP contribution in [0.4, 0.5) is 0 Å². The van der Waals surface area contributed by atoms with Crippen LogP contribution < -0.4 is 5.32 Å². The summed E-state index contributed by atoms with van der Waals surface area (Å²) >= 11 is 0. The Morgan fingerprint density at radius 2 is 1.67 bits per heavy atom. The van der Waals surface area contributed by atoms with E-state index in [4.69, 9.17) is 0 Å².